The largest absolute Gasteiger partial charge is 0.438 e. The summed E-state index contributed by atoms with van der Waals surface area (Å²) in [6.45, 7) is 0. The van der Waals surface area contributed by atoms with Crippen LogP contribution in [0.5, 0.6) is 11.5 Å². The minimum absolute atomic E-state index is 0.519. The highest BCUT2D eigenvalue weighted by molar-refractivity contribution is 6.32. The Morgan fingerprint density at radius 1 is 1.27 bits per heavy atom. The summed E-state index contributed by atoms with van der Waals surface area (Å²) in [7, 11) is 0. The number of benzene rings is 1. The molecule has 1 atom stereocenters. The van der Waals surface area contributed by atoms with Crippen molar-refractivity contribution in [2.75, 3.05) is 0 Å². The van der Waals surface area contributed by atoms with Gasteiger partial charge in [0.2, 0.25) is 0 Å². The Hall–Kier alpha value is -0.600. The Kier molecular flexibility index (Phi) is 1.59. The van der Waals surface area contributed by atoms with Gasteiger partial charge in [0.25, 0.3) is 0 Å². The second-order valence-electron chi connectivity index (χ2n) is 2.08. The molecule has 58 valence electrons. The molecule has 11 heavy (non-hydrogen) atoms. The third-order valence-electron chi connectivity index (χ3n) is 1.36. The van der Waals surface area contributed by atoms with Gasteiger partial charge in [-0.05, 0) is 23.7 Å². The van der Waals surface area contributed by atoms with Gasteiger partial charge >= 0.3 is 5.75 Å². The van der Waals surface area contributed by atoms with E-state index >= 15 is 0 Å². The summed E-state index contributed by atoms with van der Waals surface area (Å²) in [6.07, 6.45) is 0. The smallest absolute Gasteiger partial charge is 0.322 e. The maximum atomic E-state index is 5.77. The number of hydrogen-bond acceptors (Lipinski definition) is 2. The summed E-state index contributed by atoms with van der Waals surface area (Å²) in [4.78, 5) is 0. The average molecular weight is 191 g/mol. The van der Waals surface area contributed by atoms with Gasteiger partial charge in [0.1, 0.15) is 0 Å². The molecule has 0 aromatic heterocycles. The molecule has 1 aromatic rings. The molecular formula is C7H4Cl2O2. The maximum Gasteiger partial charge on any atom is 0.322 e. The predicted octanol–water partition coefficient (Wildman–Crippen LogP) is 2.63. The molecule has 0 saturated heterocycles. The van der Waals surface area contributed by atoms with E-state index in [1.54, 1.807) is 18.2 Å². The van der Waals surface area contributed by atoms with Crippen molar-refractivity contribution in [2.45, 2.75) is 5.75 Å². The first kappa shape index (κ1) is 7.07. The third-order valence-corrected chi connectivity index (χ3v) is 1.84. The van der Waals surface area contributed by atoms with Crippen molar-refractivity contribution in [3.8, 4) is 11.5 Å². The standard InChI is InChI=1S/C7H4Cl2O2/c8-4-2-1-3-5-6(4)11-7(9)10-5/h1-3,7H. The average Bonchev–Trinajstić information content (AvgIpc) is 2.31. The minimum Gasteiger partial charge on any atom is -0.438 e. The highest BCUT2D eigenvalue weighted by atomic mass is 35.5. The third kappa shape index (κ3) is 1.12. The normalized spacial score (nSPS) is 20.4. The van der Waals surface area contributed by atoms with Gasteiger partial charge in [-0.2, -0.15) is 0 Å². The zero-order valence-corrected chi connectivity index (χ0v) is 6.89. The van der Waals surface area contributed by atoms with E-state index in [0.29, 0.717) is 16.5 Å². The van der Waals surface area contributed by atoms with Crippen LogP contribution in [0.4, 0.5) is 0 Å². The molecule has 1 aliphatic rings. The first-order valence-corrected chi connectivity index (χ1v) is 3.85. The Bertz CT molecular complexity index is 288. The van der Waals surface area contributed by atoms with Gasteiger partial charge in [0, 0.05) is 0 Å². The number of alkyl halides is 1. The molecule has 4 heteroatoms. The molecule has 1 heterocycles. The zero-order valence-electron chi connectivity index (χ0n) is 5.38. The number of para-hydroxylation sites is 1. The highest BCUT2D eigenvalue weighted by Crippen LogP contribution is 2.40. The van der Waals surface area contributed by atoms with E-state index in [9.17, 15) is 0 Å². The molecule has 0 saturated carbocycles. The lowest BCUT2D eigenvalue weighted by Crippen LogP contribution is -2.07. The van der Waals surface area contributed by atoms with Crippen LogP contribution >= 0.6 is 23.2 Å². The lowest BCUT2D eigenvalue weighted by molar-refractivity contribution is 0.128. The molecule has 0 radical (unpaired) electrons. The summed E-state index contributed by atoms with van der Waals surface area (Å²) >= 11 is 11.3. The minimum atomic E-state index is -0.745. The molecule has 1 aromatic carbocycles. The van der Waals surface area contributed by atoms with E-state index in [0.717, 1.165) is 0 Å². The van der Waals surface area contributed by atoms with Crippen LogP contribution in [0, 0.1) is 0 Å². The SMILES string of the molecule is Clc1cccc2c1OC(Cl)O2. The fraction of sp³-hybridized carbons (Fsp3) is 0.143. The molecule has 0 amide bonds. The lowest BCUT2D eigenvalue weighted by Gasteiger charge is -1.97. The topological polar surface area (TPSA) is 18.5 Å². The van der Waals surface area contributed by atoms with Crippen LogP contribution in [0.1, 0.15) is 0 Å². The zero-order chi connectivity index (χ0) is 7.84. The first-order chi connectivity index (χ1) is 5.27. The van der Waals surface area contributed by atoms with Crippen LogP contribution in [-0.2, 0) is 0 Å². The fourth-order valence-electron chi connectivity index (χ4n) is 0.913. The Morgan fingerprint density at radius 3 is 2.82 bits per heavy atom. The van der Waals surface area contributed by atoms with Crippen LogP contribution in [0.3, 0.4) is 0 Å². The Morgan fingerprint density at radius 2 is 2.09 bits per heavy atom. The molecule has 1 unspecified atom stereocenters. The van der Waals surface area contributed by atoms with E-state index < -0.39 is 5.75 Å². The summed E-state index contributed by atoms with van der Waals surface area (Å²) in [5, 5.41) is 0.519. The van der Waals surface area contributed by atoms with Crippen molar-refractivity contribution >= 4 is 23.2 Å². The van der Waals surface area contributed by atoms with Gasteiger partial charge in [0.15, 0.2) is 11.5 Å². The van der Waals surface area contributed by atoms with Crippen LogP contribution in [0.15, 0.2) is 18.2 Å². The molecule has 0 spiro atoms. The maximum absolute atomic E-state index is 5.77. The van der Waals surface area contributed by atoms with E-state index in [1.165, 1.54) is 0 Å². The molecule has 0 fully saturated rings. The molecule has 2 rings (SSSR count). The van der Waals surface area contributed by atoms with Gasteiger partial charge in [-0.15, -0.1) is 0 Å². The Labute approximate surface area is 73.6 Å². The molecule has 0 bridgehead atoms. The summed E-state index contributed by atoms with van der Waals surface area (Å²) < 4.78 is 10.1. The van der Waals surface area contributed by atoms with Crippen LogP contribution in [-0.4, -0.2) is 5.75 Å². The van der Waals surface area contributed by atoms with Crippen molar-refractivity contribution in [3.05, 3.63) is 23.2 Å². The highest BCUT2D eigenvalue weighted by Gasteiger charge is 2.23. The molecule has 0 aliphatic carbocycles. The van der Waals surface area contributed by atoms with Gasteiger partial charge in [-0.3, -0.25) is 0 Å². The number of hydrogen-bond donors (Lipinski definition) is 0. The number of ether oxygens (including phenoxy) is 2. The van der Waals surface area contributed by atoms with Gasteiger partial charge in [0.05, 0.1) is 5.02 Å². The van der Waals surface area contributed by atoms with E-state index in [2.05, 4.69) is 0 Å². The summed E-state index contributed by atoms with van der Waals surface area (Å²) in [6, 6.07) is 5.25. The van der Waals surface area contributed by atoms with Gasteiger partial charge < -0.3 is 9.47 Å². The van der Waals surface area contributed by atoms with Crippen LogP contribution < -0.4 is 9.47 Å². The quantitative estimate of drug-likeness (QED) is 0.586. The van der Waals surface area contributed by atoms with Gasteiger partial charge in [-0.25, -0.2) is 0 Å². The van der Waals surface area contributed by atoms with Crippen molar-refractivity contribution < 1.29 is 9.47 Å². The van der Waals surface area contributed by atoms with Crippen LogP contribution in [0.25, 0.3) is 0 Å². The second-order valence-corrected chi connectivity index (χ2v) is 2.84. The molecule has 2 nitrogen and oxygen atoms in total. The lowest BCUT2D eigenvalue weighted by atomic mass is 10.3. The van der Waals surface area contributed by atoms with Crippen molar-refractivity contribution in [1.29, 1.82) is 0 Å². The number of fused-ring (bicyclic) bond motifs is 1. The fourth-order valence-corrected chi connectivity index (χ4v) is 1.31. The number of rotatable bonds is 0. The first-order valence-electron chi connectivity index (χ1n) is 3.03. The summed E-state index contributed by atoms with van der Waals surface area (Å²) in [5.41, 5.74) is 0. The van der Waals surface area contributed by atoms with Crippen molar-refractivity contribution in [2.24, 2.45) is 0 Å². The summed E-state index contributed by atoms with van der Waals surface area (Å²) in [5.74, 6) is 0.372. The van der Waals surface area contributed by atoms with Crippen molar-refractivity contribution in [3.63, 3.8) is 0 Å². The van der Waals surface area contributed by atoms with Crippen LogP contribution in [0.2, 0.25) is 5.02 Å². The van der Waals surface area contributed by atoms with E-state index in [4.69, 9.17) is 32.7 Å². The predicted molar refractivity (Wildman–Crippen MR) is 42.3 cm³/mol. The van der Waals surface area contributed by atoms with Gasteiger partial charge in [-0.1, -0.05) is 17.7 Å². The molecular weight excluding hydrogens is 187 g/mol. The van der Waals surface area contributed by atoms with E-state index in [1.807, 2.05) is 0 Å². The Balaban J connectivity index is 2.49. The number of halogens is 2. The molecule has 1 aliphatic heterocycles. The molecule has 0 N–H and O–H groups in total. The monoisotopic (exact) mass is 190 g/mol. The van der Waals surface area contributed by atoms with Crippen molar-refractivity contribution in [1.82, 2.24) is 0 Å². The van der Waals surface area contributed by atoms with E-state index in [-0.39, 0.29) is 0 Å². The second kappa shape index (κ2) is 2.47.